The van der Waals surface area contributed by atoms with Crippen molar-refractivity contribution in [1.82, 2.24) is 5.32 Å². The molecule has 0 aliphatic rings. The summed E-state index contributed by atoms with van der Waals surface area (Å²) in [5, 5.41) is 13.4. The number of aliphatic hydroxyl groups is 1. The first-order chi connectivity index (χ1) is 10.7. The minimum atomic E-state index is -0.523. The van der Waals surface area contributed by atoms with Crippen LogP contribution in [-0.2, 0) is 6.54 Å². The minimum absolute atomic E-state index is 0.482. The molecule has 0 saturated heterocycles. The highest BCUT2D eigenvalue weighted by molar-refractivity contribution is 9.10. The first-order valence-corrected chi connectivity index (χ1v) is 7.79. The van der Waals surface area contributed by atoms with Crippen LogP contribution in [0.3, 0.4) is 0 Å². The van der Waals surface area contributed by atoms with E-state index in [1.165, 1.54) is 0 Å². The van der Waals surface area contributed by atoms with E-state index in [0.717, 1.165) is 15.6 Å². The highest BCUT2D eigenvalue weighted by atomic mass is 79.9. The number of ether oxygens (including phenoxy) is 2. The molecule has 0 unspecified atom stereocenters. The van der Waals surface area contributed by atoms with Crippen LogP contribution in [0.5, 0.6) is 11.5 Å². The molecule has 0 amide bonds. The number of halogens is 1. The van der Waals surface area contributed by atoms with Crippen LogP contribution in [0, 0.1) is 0 Å². The molecular formula is C17H20BrNO3. The first kappa shape index (κ1) is 16.8. The Hall–Kier alpha value is -1.56. The summed E-state index contributed by atoms with van der Waals surface area (Å²) in [5.74, 6) is 1.35. The van der Waals surface area contributed by atoms with Gasteiger partial charge in [0.15, 0.2) is 11.5 Å². The third-order valence-electron chi connectivity index (χ3n) is 3.34. The fourth-order valence-electron chi connectivity index (χ4n) is 2.22. The van der Waals surface area contributed by atoms with Gasteiger partial charge in [0.05, 0.1) is 24.8 Å². The molecule has 0 spiro atoms. The second-order valence-corrected chi connectivity index (χ2v) is 5.72. The summed E-state index contributed by atoms with van der Waals surface area (Å²) < 4.78 is 11.5. The Labute approximate surface area is 139 Å². The number of nitrogens with one attached hydrogen (secondary N) is 1. The maximum atomic E-state index is 10.1. The van der Waals surface area contributed by atoms with E-state index in [2.05, 4.69) is 21.2 Å². The quantitative estimate of drug-likeness (QED) is 0.790. The van der Waals surface area contributed by atoms with E-state index in [4.69, 9.17) is 9.47 Å². The SMILES string of the molecule is COc1cc(CNC[C@H](O)c2ccccc2)cc(Br)c1OC. The molecule has 22 heavy (non-hydrogen) atoms. The van der Waals surface area contributed by atoms with Gasteiger partial charge in [0.2, 0.25) is 0 Å². The molecule has 4 nitrogen and oxygen atoms in total. The van der Waals surface area contributed by atoms with Crippen molar-refractivity contribution < 1.29 is 14.6 Å². The van der Waals surface area contributed by atoms with E-state index in [0.29, 0.717) is 24.6 Å². The summed E-state index contributed by atoms with van der Waals surface area (Å²) >= 11 is 3.47. The number of aliphatic hydroxyl groups excluding tert-OH is 1. The van der Waals surface area contributed by atoms with Crippen LogP contribution in [0.4, 0.5) is 0 Å². The maximum absolute atomic E-state index is 10.1. The Balaban J connectivity index is 1.96. The van der Waals surface area contributed by atoms with E-state index in [-0.39, 0.29) is 0 Å². The fraction of sp³-hybridized carbons (Fsp3) is 0.294. The summed E-state index contributed by atoms with van der Waals surface area (Å²) in [6, 6.07) is 13.5. The summed E-state index contributed by atoms with van der Waals surface area (Å²) in [5.41, 5.74) is 1.95. The molecule has 0 aliphatic heterocycles. The molecule has 0 radical (unpaired) electrons. The average Bonchev–Trinajstić information content (AvgIpc) is 2.55. The fourth-order valence-corrected chi connectivity index (χ4v) is 2.87. The van der Waals surface area contributed by atoms with Gasteiger partial charge in [-0.1, -0.05) is 30.3 Å². The minimum Gasteiger partial charge on any atom is -0.493 e. The zero-order valence-electron chi connectivity index (χ0n) is 12.7. The van der Waals surface area contributed by atoms with E-state index < -0.39 is 6.10 Å². The molecule has 0 bridgehead atoms. The summed E-state index contributed by atoms with van der Waals surface area (Å²) in [4.78, 5) is 0. The van der Waals surface area contributed by atoms with Gasteiger partial charge in [0.25, 0.3) is 0 Å². The molecule has 5 heteroatoms. The topological polar surface area (TPSA) is 50.7 Å². The molecule has 2 N–H and O–H groups in total. The Morgan fingerprint density at radius 2 is 1.86 bits per heavy atom. The number of hydrogen-bond donors (Lipinski definition) is 2. The second-order valence-electron chi connectivity index (χ2n) is 4.87. The third kappa shape index (κ3) is 4.22. The lowest BCUT2D eigenvalue weighted by Crippen LogP contribution is -2.21. The van der Waals surface area contributed by atoms with Crippen LogP contribution < -0.4 is 14.8 Å². The van der Waals surface area contributed by atoms with Crippen LogP contribution in [0.2, 0.25) is 0 Å². The molecule has 1 atom stereocenters. The predicted octanol–water partition coefficient (Wildman–Crippen LogP) is 3.29. The number of hydrogen-bond acceptors (Lipinski definition) is 4. The van der Waals surface area contributed by atoms with Crippen molar-refractivity contribution in [2.24, 2.45) is 0 Å². The van der Waals surface area contributed by atoms with Crippen molar-refractivity contribution in [2.45, 2.75) is 12.6 Å². The van der Waals surface area contributed by atoms with Crippen LogP contribution >= 0.6 is 15.9 Å². The van der Waals surface area contributed by atoms with E-state index in [1.54, 1.807) is 14.2 Å². The zero-order chi connectivity index (χ0) is 15.9. The lowest BCUT2D eigenvalue weighted by molar-refractivity contribution is 0.174. The van der Waals surface area contributed by atoms with E-state index in [1.807, 2.05) is 42.5 Å². The van der Waals surface area contributed by atoms with Crippen molar-refractivity contribution in [2.75, 3.05) is 20.8 Å². The normalized spacial score (nSPS) is 12.0. The molecule has 2 aromatic carbocycles. The molecular weight excluding hydrogens is 346 g/mol. The Kier molecular flexibility index (Phi) is 6.24. The Morgan fingerprint density at radius 1 is 1.14 bits per heavy atom. The lowest BCUT2D eigenvalue weighted by Gasteiger charge is -2.14. The predicted molar refractivity (Wildman–Crippen MR) is 90.4 cm³/mol. The maximum Gasteiger partial charge on any atom is 0.174 e. The molecule has 2 rings (SSSR count). The standard InChI is InChI=1S/C17H20BrNO3/c1-21-16-9-12(8-14(18)17(16)22-2)10-19-11-15(20)13-6-4-3-5-7-13/h3-9,15,19-20H,10-11H2,1-2H3/t15-/m0/s1. The molecule has 0 aromatic heterocycles. The highest BCUT2D eigenvalue weighted by Crippen LogP contribution is 2.36. The number of methoxy groups -OCH3 is 2. The molecule has 118 valence electrons. The second kappa shape index (κ2) is 8.17. The van der Waals surface area contributed by atoms with Gasteiger partial charge in [-0.25, -0.2) is 0 Å². The van der Waals surface area contributed by atoms with Gasteiger partial charge in [-0.2, -0.15) is 0 Å². The monoisotopic (exact) mass is 365 g/mol. The molecule has 0 heterocycles. The molecule has 2 aromatic rings. The Bertz CT molecular complexity index is 604. The van der Waals surface area contributed by atoms with Crippen LogP contribution in [0.1, 0.15) is 17.2 Å². The van der Waals surface area contributed by atoms with Crippen molar-refractivity contribution >= 4 is 15.9 Å². The van der Waals surface area contributed by atoms with Gasteiger partial charge in [-0.15, -0.1) is 0 Å². The summed E-state index contributed by atoms with van der Waals surface area (Å²) in [7, 11) is 3.22. The number of benzene rings is 2. The largest absolute Gasteiger partial charge is 0.493 e. The van der Waals surface area contributed by atoms with Gasteiger partial charge in [0, 0.05) is 13.1 Å². The summed E-state index contributed by atoms with van der Waals surface area (Å²) in [6.07, 6.45) is -0.523. The zero-order valence-corrected chi connectivity index (χ0v) is 14.3. The van der Waals surface area contributed by atoms with Gasteiger partial charge in [-0.3, -0.25) is 0 Å². The molecule has 0 saturated carbocycles. The summed E-state index contributed by atoms with van der Waals surface area (Å²) in [6.45, 7) is 1.11. The van der Waals surface area contributed by atoms with Gasteiger partial charge >= 0.3 is 0 Å². The molecule has 0 aliphatic carbocycles. The lowest BCUT2D eigenvalue weighted by atomic mass is 10.1. The highest BCUT2D eigenvalue weighted by Gasteiger charge is 2.11. The first-order valence-electron chi connectivity index (χ1n) is 6.99. The van der Waals surface area contributed by atoms with Crippen molar-refractivity contribution in [3.05, 3.63) is 58.1 Å². The van der Waals surface area contributed by atoms with Crippen LogP contribution in [-0.4, -0.2) is 25.9 Å². The van der Waals surface area contributed by atoms with E-state index in [9.17, 15) is 5.11 Å². The van der Waals surface area contributed by atoms with Gasteiger partial charge < -0.3 is 19.9 Å². The molecule has 0 fully saturated rings. The van der Waals surface area contributed by atoms with Crippen LogP contribution in [0.25, 0.3) is 0 Å². The van der Waals surface area contributed by atoms with Gasteiger partial charge in [0.1, 0.15) is 0 Å². The van der Waals surface area contributed by atoms with Crippen molar-refractivity contribution in [1.29, 1.82) is 0 Å². The van der Waals surface area contributed by atoms with Crippen molar-refractivity contribution in [3.8, 4) is 11.5 Å². The van der Waals surface area contributed by atoms with E-state index >= 15 is 0 Å². The van der Waals surface area contributed by atoms with Gasteiger partial charge in [-0.05, 0) is 39.2 Å². The smallest absolute Gasteiger partial charge is 0.174 e. The van der Waals surface area contributed by atoms with Crippen LogP contribution in [0.15, 0.2) is 46.9 Å². The Morgan fingerprint density at radius 3 is 2.50 bits per heavy atom. The number of rotatable bonds is 7. The third-order valence-corrected chi connectivity index (χ3v) is 3.93. The van der Waals surface area contributed by atoms with Crippen molar-refractivity contribution in [3.63, 3.8) is 0 Å². The average molecular weight is 366 g/mol.